The predicted molar refractivity (Wildman–Crippen MR) is 41.4 cm³/mol. The molecular weight excluding hydrogens is 178 g/mol. The molecule has 0 atom stereocenters. The first-order valence-electron chi connectivity index (χ1n) is 4.39. The number of carbonyl (C=O) groups is 1. The molecule has 0 saturated heterocycles. The summed E-state index contributed by atoms with van der Waals surface area (Å²) >= 11 is 0. The lowest BCUT2D eigenvalue weighted by atomic mass is 9.34. The van der Waals surface area contributed by atoms with E-state index in [1.54, 1.807) is 0 Å². The fourth-order valence-corrected chi connectivity index (χ4v) is 2.98. The maximum Gasteiger partial charge on any atom is 0.311 e. The zero-order valence-electron chi connectivity index (χ0n) is 7.48. The van der Waals surface area contributed by atoms with Crippen LogP contribution in [0.25, 0.3) is 0 Å². The van der Waals surface area contributed by atoms with E-state index in [0.717, 1.165) is 0 Å². The monoisotopic (exact) mass is 190 g/mol. The van der Waals surface area contributed by atoms with E-state index >= 15 is 0 Å². The molecule has 0 amide bonds. The van der Waals surface area contributed by atoms with Gasteiger partial charge in [-0.15, -0.1) is 0 Å². The number of methoxy groups -OCH3 is 1. The lowest BCUT2D eigenvalue weighted by molar-refractivity contribution is -0.235. The van der Waals surface area contributed by atoms with Crippen LogP contribution >= 0.6 is 0 Å². The van der Waals surface area contributed by atoms with Crippen LogP contribution in [0.2, 0.25) is 0 Å². The first-order chi connectivity index (χ1) is 6.02. The van der Waals surface area contributed by atoms with E-state index in [1.165, 1.54) is 7.11 Å². The Hall–Kier alpha value is -0.670. The highest BCUT2D eigenvalue weighted by Gasteiger charge is 2.72. The zero-order chi connectivity index (χ0) is 9.69. The summed E-state index contributed by atoms with van der Waals surface area (Å²) in [6.07, 6.45) is -0.465. The first kappa shape index (κ1) is 8.91. The van der Waals surface area contributed by atoms with Gasteiger partial charge in [0.25, 0.3) is 0 Å². The Morgan fingerprint density at radius 2 is 2.00 bits per heavy atom. The third kappa shape index (κ3) is 1.07. The molecule has 0 unspecified atom stereocenters. The summed E-state index contributed by atoms with van der Waals surface area (Å²) in [7, 11) is 1.35. The highest BCUT2D eigenvalue weighted by atomic mass is 19.3. The second-order valence-electron chi connectivity index (χ2n) is 4.40. The van der Waals surface area contributed by atoms with Gasteiger partial charge in [0.15, 0.2) is 0 Å². The maximum atomic E-state index is 12.1. The molecule has 3 aliphatic carbocycles. The summed E-state index contributed by atoms with van der Waals surface area (Å²) in [5.74, 6) is -0.219. The van der Waals surface area contributed by atoms with Crippen molar-refractivity contribution in [2.24, 2.45) is 10.8 Å². The van der Waals surface area contributed by atoms with E-state index < -0.39 is 6.43 Å². The Balaban J connectivity index is 1.89. The summed E-state index contributed by atoms with van der Waals surface area (Å²) in [5.41, 5.74) is -0.591. The molecule has 2 bridgehead atoms. The number of hydrogen-bond acceptors (Lipinski definition) is 2. The third-order valence-electron chi connectivity index (χ3n) is 3.35. The van der Waals surface area contributed by atoms with Gasteiger partial charge in [-0.3, -0.25) is 4.79 Å². The number of halogens is 2. The Morgan fingerprint density at radius 3 is 2.38 bits per heavy atom. The van der Waals surface area contributed by atoms with Crippen molar-refractivity contribution in [3.63, 3.8) is 0 Å². The normalized spacial score (nSPS) is 40.9. The fraction of sp³-hybridized carbons (Fsp3) is 0.889. The van der Waals surface area contributed by atoms with Gasteiger partial charge < -0.3 is 4.74 Å². The molecule has 0 aromatic rings. The lowest BCUT2D eigenvalue weighted by Crippen LogP contribution is -2.66. The number of rotatable bonds is 3. The van der Waals surface area contributed by atoms with Gasteiger partial charge in [-0.25, -0.2) is 8.78 Å². The Kier molecular flexibility index (Phi) is 1.66. The quantitative estimate of drug-likeness (QED) is 0.636. The van der Waals surface area contributed by atoms with Crippen molar-refractivity contribution in [2.75, 3.05) is 7.11 Å². The largest absolute Gasteiger partial charge is 0.469 e. The van der Waals surface area contributed by atoms with Crippen LogP contribution in [0.1, 0.15) is 25.7 Å². The van der Waals surface area contributed by atoms with E-state index in [-0.39, 0.29) is 23.2 Å². The van der Waals surface area contributed by atoms with Crippen LogP contribution < -0.4 is 0 Å². The summed E-state index contributed by atoms with van der Waals surface area (Å²) in [6.45, 7) is 0. The minimum absolute atomic E-state index is 0.0499. The fourth-order valence-electron chi connectivity index (χ4n) is 2.98. The average molecular weight is 190 g/mol. The van der Waals surface area contributed by atoms with Crippen molar-refractivity contribution < 1.29 is 18.3 Å². The van der Waals surface area contributed by atoms with Crippen molar-refractivity contribution in [3.05, 3.63) is 0 Å². The van der Waals surface area contributed by atoms with Gasteiger partial charge >= 0.3 is 5.97 Å². The molecule has 0 aromatic carbocycles. The lowest BCUT2D eigenvalue weighted by Gasteiger charge is -2.68. The summed E-state index contributed by atoms with van der Waals surface area (Å²) < 4.78 is 28.8. The van der Waals surface area contributed by atoms with Crippen LogP contribution in [0.3, 0.4) is 0 Å². The average Bonchev–Trinajstić information content (AvgIpc) is 1.92. The molecule has 0 heterocycles. The van der Waals surface area contributed by atoms with Gasteiger partial charge in [-0.05, 0) is 24.7 Å². The second kappa shape index (κ2) is 2.42. The van der Waals surface area contributed by atoms with Crippen molar-refractivity contribution in [2.45, 2.75) is 32.1 Å². The van der Waals surface area contributed by atoms with Crippen molar-refractivity contribution in [3.8, 4) is 0 Å². The molecular formula is C9H12F2O2. The molecule has 13 heavy (non-hydrogen) atoms. The molecule has 0 radical (unpaired) electrons. The van der Waals surface area contributed by atoms with Crippen molar-refractivity contribution >= 4 is 5.97 Å². The summed E-state index contributed by atoms with van der Waals surface area (Å²) in [6, 6.07) is 0. The van der Waals surface area contributed by atoms with Crippen LogP contribution in [0.15, 0.2) is 0 Å². The second-order valence-corrected chi connectivity index (χ2v) is 4.40. The minimum Gasteiger partial charge on any atom is -0.469 e. The third-order valence-corrected chi connectivity index (χ3v) is 3.35. The SMILES string of the molecule is COC(=O)C12CC(CC(F)F)(C1)C2. The van der Waals surface area contributed by atoms with Gasteiger partial charge in [0.1, 0.15) is 0 Å². The Bertz CT molecular complexity index is 230. The van der Waals surface area contributed by atoms with E-state index in [4.69, 9.17) is 0 Å². The van der Waals surface area contributed by atoms with Crippen LogP contribution in [-0.4, -0.2) is 19.5 Å². The van der Waals surface area contributed by atoms with Gasteiger partial charge in [0.05, 0.1) is 12.5 Å². The number of ether oxygens (including phenoxy) is 1. The Morgan fingerprint density at radius 1 is 1.46 bits per heavy atom. The highest BCUT2D eigenvalue weighted by molar-refractivity contribution is 5.81. The summed E-state index contributed by atoms with van der Waals surface area (Å²) in [4.78, 5) is 11.2. The molecule has 0 N–H and O–H groups in total. The Labute approximate surface area is 75.3 Å². The van der Waals surface area contributed by atoms with Gasteiger partial charge in [-0.2, -0.15) is 0 Å². The molecule has 3 aliphatic rings. The number of alkyl halides is 2. The standard InChI is InChI=1S/C9H12F2O2/c1-13-7(12)9-3-8(4-9,5-9)2-6(10)11/h6H,2-5H2,1H3. The number of hydrogen-bond donors (Lipinski definition) is 0. The topological polar surface area (TPSA) is 26.3 Å². The number of esters is 1. The summed E-state index contributed by atoms with van der Waals surface area (Å²) in [5, 5.41) is 0. The van der Waals surface area contributed by atoms with Crippen molar-refractivity contribution in [1.29, 1.82) is 0 Å². The van der Waals surface area contributed by atoms with E-state index in [2.05, 4.69) is 4.74 Å². The molecule has 0 aromatic heterocycles. The molecule has 3 fully saturated rings. The van der Waals surface area contributed by atoms with Gasteiger partial charge in [0.2, 0.25) is 6.43 Å². The van der Waals surface area contributed by atoms with Crippen LogP contribution in [0, 0.1) is 10.8 Å². The maximum absolute atomic E-state index is 12.1. The van der Waals surface area contributed by atoms with E-state index in [1.807, 2.05) is 0 Å². The molecule has 0 aliphatic heterocycles. The van der Waals surface area contributed by atoms with Gasteiger partial charge in [-0.1, -0.05) is 0 Å². The smallest absolute Gasteiger partial charge is 0.311 e. The van der Waals surface area contributed by atoms with E-state index in [0.29, 0.717) is 19.3 Å². The highest BCUT2D eigenvalue weighted by Crippen LogP contribution is 2.75. The van der Waals surface area contributed by atoms with Crippen molar-refractivity contribution in [1.82, 2.24) is 0 Å². The zero-order valence-corrected chi connectivity index (χ0v) is 7.48. The molecule has 4 heteroatoms. The van der Waals surface area contributed by atoms with Gasteiger partial charge in [0, 0.05) is 6.42 Å². The van der Waals surface area contributed by atoms with E-state index in [9.17, 15) is 13.6 Å². The molecule has 0 spiro atoms. The predicted octanol–water partition coefficient (Wildman–Crippen LogP) is 1.98. The van der Waals surface area contributed by atoms with Crippen LogP contribution in [-0.2, 0) is 9.53 Å². The first-order valence-corrected chi connectivity index (χ1v) is 4.39. The molecule has 74 valence electrons. The van der Waals surface area contributed by atoms with Crippen LogP contribution in [0.4, 0.5) is 8.78 Å². The minimum atomic E-state index is -2.24. The van der Waals surface area contributed by atoms with Crippen LogP contribution in [0.5, 0.6) is 0 Å². The molecule has 3 saturated carbocycles. The number of carbonyl (C=O) groups excluding carboxylic acids is 1. The molecule has 2 nitrogen and oxygen atoms in total. The molecule has 3 rings (SSSR count).